The van der Waals surface area contributed by atoms with Gasteiger partial charge in [-0.3, -0.25) is 9.59 Å². The van der Waals surface area contributed by atoms with Crippen LogP contribution in [0.5, 0.6) is 5.75 Å². The quantitative estimate of drug-likeness (QED) is 0.784. The van der Waals surface area contributed by atoms with E-state index >= 15 is 0 Å². The molecule has 116 valence electrons. The highest BCUT2D eigenvalue weighted by atomic mass is 16.5. The summed E-state index contributed by atoms with van der Waals surface area (Å²) < 4.78 is 5.25. The number of amides is 2. The van der Waals surface area contributed by atoms with E-state index in [2.05, 4.69) is 10.6 Å². The van der Waals surface area contributed by atoms with Gasteiger partial charge in [-0.25, -0.2) is 0 Å². The number of rotatable bonds is 6. The number of methoxy groups -OCH3 is 1. The molecule has 2 N–H and O–H groups in total. The van der Waals surface area contributed by atoms with Crippen LogP contribution in [0, 0.1) is 0 Å². The molecule has 0 saturated heterocycles. The molecule has 0 heterocycles. The summed E-state index contributed by atoms with van der Waals surface area (Å²) in [7, 11) is 1.62. The van der Waals surface area contributed by atoms with E-state index in [0.29, 0.717) is 13.0 Å². The van der Waals surface area contributed by atoms with Crippen LogP contribution in [0.4, 0.5) is 0 Å². The van der Waals surface area contributed by atoms with Crippen molar-refractivity contribution in [2.45, 2.75) is 39.2 Å². The van der Waals surface area contributed by atoms with Gasteiger partial charge >= 0.3 is 0 Å². The summed E-state index contributed by atoms with van der Waals surface area (Å²) in [4.78, 5) is 23.3. The lowest BCUT2D eigenvalue weighted by Gasteiger charge is -2.20. The molecule has 1 aromatic rings. The Bertz CT molecular complexity index is 493. The van der Waals surface area contributed by atoms with E-state index in [1.54, 1.807) is 7.11 Å². The van der Waals surface area contributed by atoms with E-state index in [-0.39, 0.29) is 23.8 Å². The van der Waals surface area contributed by atoms with Crippen molar-refractivity contribution in [1.82, 2.24) is 10.6 Å². The Balaban J connectivity index is 2.35. The fourth-order valence-electron chi connectivity index (χ4n) is 1.92. The molecule has 0 aliphatic rings. The Morgan fingerprint density at radius 2 is 1.81 bits per heavy atom. The molecule has 0 fully saturated rings. The highest BCUT2D eigenvalue weighted by Gasteiger charge is 2.16. The minimum atomic E-state index is -0.325. The van der Waals surface area contributed by atoms with E-state index in [1.165, 1.54) is 0 Å². The number of hydrogen-bond donors (Lipinski definition) is 2. The zero-order chi connectivity index (χ0) is 15.9. The molecule has 0 aliphatic carbocycles. The maximum atomic E-state index is 11.7. The summed E-state index contributed by atoms with van der Waals surface area (Å²) in [5.41, 5.74) is 0.703. The van der Waals surface area contributed by atoms with Crippen molar-refractivity contribution < 1.29 is 14.3 Å². The zero-order valence-corrected chi connectivity index (χ0v) is 13.2. The summed E-state index contributed by atoms with van der Waals surface area (Å²) in [6, 6.07) is 7.67. The molecule has 2 amide bonds. The molecule has 5 nitrogen and oxygen atoms in total. The van der Waals surface area contributed by atoms with Crippen molar-refractivity contribution in [1.29, 1.82) is 0 Å². The van der Waals surface area contributed by atoms with Crippen molar-refractivity contribution in [3.05, 3.63) is 29.8 Å². The highest BCUT2D eigenvalue weighted by Crippen LogP contribution is 2.17. The number of nitrogens with one attached hydrogen (secondary N) is 2. The molecule has 0 spiro atoms. The average Bonchev–Trinajstić information content (AvgIpc) is 2.36. The van der Waals surface area contributed by atoms with E-state index in [9.17, 15) is 9.59 Å². The topological polar surface area (TPSA) is 67.4 Å². The monoisotopic (exact) mass is 292 g/mol. The van der Waals surface area contributed by atoms with Gasteiger partial charge in [-0.1, -0.05) is 18.2 Å². The molecule has 0 saturated carbocycles. The molecule has 0 aliphatic heterocycles. The third-order valence-corrected chi connectivity index (χ3v) is 2.74. The van der Waals surface area contributed by atoms with Crippen LogP contribution in [-0.2, 0) is 16.0 Å². The van der Waals surface area contributed by atoms with Crippen LogP contribution < -0.4 is 15.4 Å². The summed E-state index contributed by atoms with van der Waals surface area (Å²) in [5, 5.41) is 5.50. The first-order chi connectivity index (χ1) is 9.81. The molecule has 0 radical (unpaired) electrons. The lowest BCUT2D eigenvalue weighted by atomic mass is 10.1. The largest absolute Gasteiger partial charge is 0.496 e. The van der Waals surface area contributed by atoms with Gasteiger partial charge in [0.1, 0.15) is 12.2 Å². The van der Waals surface area contributed by atoms with Gasteiger partial charge < -0.3 is 15.4 Å². The predicted octanol–water partition coefficient (Wildman–Crippen LogP) is 1.66. The minimum Gasteiger partial charge on any atom is -0.496 e. The number of ether oxygens (including phenoxy) is 1. The van der Waals surface area contributed by atoms with Gasteiger partial charge in [0.15, 0.2) is 0 Å². The van der Waals surface area contributed by atoms with Crippen LogP contribution in [0.15, 0.2) is 24.3 Å². The van der Waals surface area contributed by atoms with Crippen molar-refractivity contribution in [3.63, 3.8) is 0 Å². The summed E-state index contributed by atoms with van der Waals surface area (Å²) in [6.07, 6.45) is 0.514. The average molecular weight is 292 g/mol. The molecule has 1 rings (SSSR count). The SMILES string of the molecule is COc1ccccc1CCNC(=O)CC(=O)NC(C)(C)C. The number of para-hydroxylation sites is 1. The van der Waals surface area contributed by atoms with Crippen LogP contribution in [0.25, 0.3) is 0 Å². The van der Waals surface area contributed by atoms with Gasteiger partial charge in [0.05, 0.1) is 7.11 Å². The molecule has 0 unspecified atom stereocenters. The van der Waals surface area contributed by atoms with Gasteiger partial charge in [-0.2, -0.15) is 0 Å². The Morgan fingerprint density at radius 1 is 1.14 bits per heavy atom. The minimum absolute atomic E-state index is 0.150. The van der Waals surface area contributed by atoms with E-state index in [0.717, 1.165) is 11.3 Å². The Kier molecular flexibility index (Phi) is 6.21. The first-order valence-corrected chi connectivity index (χ1v) is 7.01. The first-order valence-electron chi connectivity index (χ1n) is 7.01. The van der Waals surface area contributed by atoms with Crippen LogP contribution >= 0.6 is 0 Å². The van der Waals surface area contributed by atoms with Gasteiger partial charge in [-0.15, -0.1) is 0 Å². The van der Waals surface area contributed by atoms with Gasteiger partial charge in [0.2, 0.25) is 11.8 Å². The predicted molar refractivity (Wildman–Crippen MR) is 82.2 cm³/mol. The van der Waals surface area contributed by atoms with Gasteiger partial charge in [-0.05, 0) is 38.8 Å². The third-order valence-electron chi connectivity index (χ3n) is 2.74. The lowest BCUT2D eigenvalue weighted by Crippen LogP contribution is -2.42. The first kappa shape index (κ1) is 17.0. The molecule has 0 bridgehead atoms. The molecule has 1 aromatic carbocycles. The van der Waals surface area contributed by atoms with Crippen LogP contribution in [0.3, 0.4) is 0 Å². The standard InChI is InChI=1S/C16H24N2O3/c1-16(2,3)18-15(20)11-14(19)17-10-9-12-7-5-6-8-13(12)21-4/h5-8H,9-11H2,1-4H3,(H,17,19)(H,18,20). The van der Waals surface area contributed by atoms with Crippen LogP contribution in [0.1, 0.15) is 32.8 Å². The zero-order valence-electron chi connectivity index (χ0n) is 13.2. The Labute approximate surface area is 126 Å². The van der Waals surface area contributed by atoms with Crippen molar-refractivity contribution in [3.8, 4) is 5.75 Å². The Morgan fingerprint density at radius 3 is 2.43 bits per heavy atom. The van der Waals surface area contributed by atoms with Gasteiger partial charge in [0, 0.05) is 12.1 Å². The Hall–Kier alpha value is -2.04. The third kappa shape index (κ3) is 6.79. The summed E-state index contributed by atoms with van der Waals surface area (Å²) in [6.45, 7) is 6.11. The van der Waals surface area contributed by atoms with Crippen LogP contribution in [-0.4, -0.2) is 31.0 Å². The lowest BCUT2D eigenvalue weighted by molar-refractivity contribution is -0.130. The van der Waals surface area contributed by atoms with Crippen molar-refractivity contribution in [2.24, 2.45) is 0 Å². The smallest absolute Gasteiger partial charge is 0.229 e. The second-order valence-corrected chi connectivity index (χ2v) is 5.89. The van der Waals surface area contributed by atoms with E-state index in [4.69, 9.17) is 4.74 Å². The van der Waals surface area contributed by atoms with Gasteiger partial charge in [0.25, 0.3) is 0 Å². The van der Waals surface area contributed by atoms with Crippen molar-refractivity contribution in [2.75, 3.05) is 13.7 Å². The molecule has 21 heavy (non-hydrogen) atoms. The molecule has 5 heteroatoms. The van der Waals surface area contributed by atoms with E-state index < -0.39 is 0 Å². The van der Waals surface area contributed by atoms with E-state index in [1.807, 2.05) is 45.0 Å². The summed E-state index contributed by atoms with van der Waals surface area (Å²) >= 11 is 0. The number of carbonyl (C=O) groups excluding carboxylic acids is 2. The second kappa shape index (κ2) is 7.67. The number of hydrogen-bond acceptors (Lipinski definition) is 3. The van der Waals surface area contributed by atoms with Crippen LogP contribution in [0.2, 0.25) is 0 Å². The number of benzene rings is 1. The normalized spacial score (nSPS) is 10.9. The summed E-state index contributed by atoms with van der Waals surface area (Å²) in [5.74, 6) is 0.265. The number of carbonyl (C=O) groups is 2. The highest BCUT2D eigenvalue weighted by molar-refractivity contribution is 5.97. The maximum Gasteiger partial charge on any atom is 0.229 e. The second-order valence-electron chi connectivity index (χ2n) is 5.89. The molecular formula is C16H24N2O3. The molecule has 0 atom stereocenters. The molecular weight excluding hydrogens is 268 g/mol. The fraction of sp³-hybridized carbons (Fsp3) is 0.500. The maximum absolute atomic E-state index is 11.7. The fourth-order valence-corrected chi connectivity index (χ4v) is 1.92. The van der Waals surface area contributed by atoms with Crippen molar-refractivity contribution >= 4 is 11.8 Å². The molecule has 0 aromatic heterocycles.